The topological polar surface area (TPSA) is 171 Å². The highest BCUT2D eigenvalue weighted by Crippen LogP contribution is 2.56. The number of aromatic nitrogens is 6. The molecule has 0 bridgehead atoms. The van der Waals surface area contributed by atoms with Gasteiger partial charge in [0.25, 0.3) is 12.3 Å². The number of halogens is 3. The molecule has 2 amide bonds. The highest BCUT2D eigenvalue weighted by Gasteiger charge is 2.64. The molecule has 10 rings (SSSR count). The van der Waals surface area contributed by atoms with Gasteiger partial charge < -0.3 is 30.5 Å². The second-order valence-electron chi connectivity index (χ2n) is 21.7. The largest absolute Gasteiger partial charge is 0.489 e. The highest BCUT2D eigenvalue weighted by molar-refractivity contribution is 6.31. The summed E-state index contributed by atoms with van der Waals surface area (Å²) in [4.78, 5) is 39.0. The molecular formula is C53H63ClF2N12O3. The van der Waals surface area contributed by atoms with Gasteiger partial charge in [-0.3, -0.25) is 19.0 Å². The first-order chi connectivity index (χ1) is 33.9. The van der Waals surface area contributed by atoms with Crippen LogP contribution in [0.1, 0.15) is 130 Å². The zero-order valence-corrected chi connectivity index (χ0v) is 42.1. The minimum absolute atomic E-state index is 0.0125. The Hall–Kier alpha value is -6.12. The van der Waals surface area contributed by atoms with Crippen molar-refractivity contribution >= 4 is 40.9 Å². The predicted octanol–water partition coefficient (Wildman–Crippen LogP) is 9.10. The molecule has 2 aromatic carbocycles. The molecule has 1 spiro atoms. The maximum absolute atomic E-state index is 14.8. The maximum Gasteiger partial charge on any atom is 0.264 e. The number of rotatable bonds is 13. The average Bonchev–Trinajstić information content (AvgIpc) is 3.96. The number of alkyl halides is 2. The molecule has 3 aromatic heterocycles. The number of ether oxygens (including phenoxy) is 1. The number of benzene rings is 2. The average molecular weight is 990 g/mol. The Morgan fingerprint density at radius 1 is 1.00 bits per heavy atom. The summed E-state index contributed by atoms with van der Waals surface area (Å²) >= 11 is 6.26. The molecular weight excluding hydrogens is 926 g/mol. The van der Waals surface area contributed by atoms with Gasteiger partial charge in [-0.15, -0.1) is 0 Å². The van der Waals surface area contributed by atoms with Crippen molar-refractivity contribution < 1.29 is 23.1 Å². The summed E-state index contributed by atoms with van der Waals surface area (Å²) in [5.41, 5.74) is 5.45. The molecule has 0 radical (unpaired) electrons. The van der Waals surface area contributed by atoms with Gasteiger partial charge in [-0.2, -0.15) is 15.5 Å². The van der Waals surface area contributed by atoms with Gasteiger partial charge in [0.2, 0.25) is 11.9 Å². The zero-order chi connectivity index (χ0) is 50.0. The van der Waals surface area contributed by atoms with Gasteiger partial charge in [-0.1, -0.05) is 39.3 Å². The lowest BCUT2D eigenvalue weighted by Crippen LogP contribution is -2.74. The Kier molecular flexibility index (Phi) is 12.8. The number of aryl methyl sites for hydroxylation is 2. The monoisotopic (exact) mass is 988 g/mol. The molecule has 3 saturated carbocycles. The van der Waals surface area contributed by atoms with Crippen LogP contribution in [0, 0.1) is 27.6 Å². The first-order valence-electron chi connectivity index (χ1n) is 25.0. The van der Waals surface area contributed by atoms with Gasteiger partial charge in [-0.05, 0) is 92.2 Å². The molecule has 5 aliphatic rings. The summed E-state index contributed by atoms with van der Waals surface area (Å²) in [5.74, 6) is 1.60. The first-order valence-corrected chi connectivity index (χ1v) is 25.4. The lowest BCUT2D eigenvalue weighted by Gasteiger charge is -2.63. The number of carbonyl (C=O) groups is 2. The van der Waals surface area contributed by atoms with Crippen molar-refractivity contribution in [3.63, 3.8) is 0 Å². The number of hydrogen-bond donors (Lipinski definition) is 3. The van der Waals surface area contributed by atoms with Crippen molar-refractivity contribution in [1.82, 2.24) is 45.1 Å². The highest BCUT2D eigenvalue weighted by atomic mass is 35.5. The van der Waals surface area contributed by atoms with Crippen LogP contribution in [0.3, 0.4) is 0 Å². The number of amides is 2. The van der Waals surface area contributed by atoms with Crippen molar-refractivity contribution in [3.05, 3.63) is 93.7 Å². The molecule has 3 fully saturated rings. The minimum atomic E-state index is -2.66. The van der Waals surface area contributed by atoms with Gasteiger partial charge in [0.15, 0.2) is 5.82 Å². The van der Waals surface area contributed by atoms with Crippen LogP contribution in [0.5, 0.6) is 5.75 Å². The van der Waals surface area contributed by atoms with Crippen molar-refractivity contribution in [1.29, 1.82) is 5.26 Å². The molecule has 3 N–H and O–H groups in total. The Bertz CT molecular complexity index is 2860. The number of hydrogen-bond acceptors (Lipinski definition) is 11. The summed E-state index contributed by atoms with van der Waals surface area (Å²) in [7, 11) is 1.79. The fraction of sp³-hybridized carbons (Fsp3) is 0.528. The van der Waals surface area contributed by atoms with Crippen LogP contribution >= 0.6 is 11.6 Å². The number of nitriles is 1. The summed E-state index contributed by atoms with van der Waals surface area (Å²) < 4.78 is 39.8. The molecule has 71 heavy (non-hydrogen) atoms. The van der Waals surface area contributed by atoms with Gasteiger partial charge in [0.1, 0.15) is 17.9 Å². The van der Waals surface area contributed by atoms with E-state index in [2.05, 4.69) is 74.4 Å². The van der Waals surface area contributed by atoms with Crippen molar-refractivity contribution in [3.8, 4) is 22.9 Å². The van der Waals surface area contributed by atoms with Gasteiger partial charge in [-0.25, -0.2) is 18.7 Å². The third kappa shape index (κ3) is 9.11. The summed E-state index contributed by atoms with van der Waals surface area (Å²) in [6.07, 6.45) is 12.5. The number of nitrogens with zero attached hydrogens (tertiary/aromatic N) is 9. The summed E-state index contributed by atoms with van der Waals surface area (Å²) in [6.45, 7) is 13.0. The minimum Gasteiger partial charge on any atom is -0.489 e. The van der Waals surface area contributed by atoms with Gasteiger partial charge >= 0.3 is 0 Å². The Morgan fingerprint density at radius 3 is 2.41 bits per heavy atom. The van der Waals surface area contributed by atoms with E-state index >= 15 is 0 Å². The van der Waals surface area contributed by atoms with E-state index < -0.39 is 17.3 Å². The van der Waals surface area contributed by atoms with E-state index in [-0.39, 0.29) is 35.6 Å². The predicted molar refractivity (Wildman–Crippen MR) is 267 cm³/mol. The van der Waals surface area contributed by atoms with Crippen LogP contribution in [0.15, 0.2) is 55.1 Å². The number of fused-ring (bicyclic) bond motifs is 2. The SMILES string of the molecule is CC(=O)N1CCc2c(c(N3CCCc4cc(-c5cnn(C)c5)c(C(F)F)cc43)nn2C2CCC3(CC2)CC(NCCNc2ncc(C(=O)NC4C(C)(C)C(Oc5ccc(C#N)c(Cl)c5)C4(C)C)cn2)C3)C1. The third-order valence-electron chi connectivity index (χ3n) is 16.3. The smallest absolute Gasteiger partial charge is 0.264 e. The molecule has 0 saturated heterocycles. The van der Waals surface area contributed by atoms with Crippen LogP contribution in [-0.4, -0.2) is 90.6 Å². The maximum atomic E-state index is 14.8. The normalized spacial score (nSPS) is 24.1. The van der Waals surface area contributed by atoms with Crippen LogP contribution in [-0.2, 0) is 31.2 Å². The van der Waals surface area contributed by atoms with E-state index in [1.807, 2.05) is 11.0 Å². The van der Waals surface area contributed by atoms with E-state index in [0.29, 0.717) is 83.0 Å². The molecule has 3 aliphatic carbocycles. The zero-order valence-electron chi connectivity index (χ0n) is 41.4. The molecule has 5 heterocycles. The Morgan fingerprint density at radius 2 is 1.75 bits per heavy atom. The number of nitrogens with one attached hydrogen (secondary N) is 3. The standard InChI is InChI=1S/C53H63ClF2N12O3/c1-31(69)66-19-13-43-41(30-66)46(67-18-7-8-32-20-39(35-28-62-65(6)29-35)40(45(55)56)22-44(32)67)64-68(43)37-11-14-53(15-12-37)23-36(24-53)58-16-17-59-50-60-26-34(27-61-50)47(70)63-48-51(2,3)49(52(48,4)5)71-38-10-9-33(25-57)42(54)21-38/h9-10,20-22,26-29,36-37,45,48-49,58H,7-8,11-19,23-24,30H2,1-6H3,(H,63,70)(H,59,60,61). The van der Waals surface area contributed by atoms with E-state index in [9.17, 15) is 23.6 Å². The lowest BCUT2D eigenvalue weighted by molar-refractivity contribution is -0.164. The fourth-order valence-electron chi connectivity index (χ4n) is 12.9. The number of anilines is 3. The van der Waals surface area contributed by atoms with Crippen molar-refractivity contribution in [2.75, 3.05) is 36.4 Å². The van der Waals surface area contributed by atoms with Crippen LogP contribution in [0.25, 0.3) is 11.1 Å². The van der Waals surface area contributed by atoms with Crippen LogP contribution in [0.4, 0.5) is 26.2 Å². The van der Waals surface area contributed by atoms with E-state index in [4.69, 9.17) is 21.4 Å². The summed E-state index contributed by atoms with van der Waals surface area (Å²) in [5, 5.41) is 29.4. The number of carbonyl (C=O) groups excluding carboxylic acids is 2. The third-order valence-corrected chi connectivity index (χ3v) is 16.6. The van der Waals surface area contributed by atoms with Crippen molar-refractivity contribution in [2.45, 2.75) is 130 Å². The van der Waals surface area contributed by atoms with Gasteiger partial charge in [0, 0.05) is 122 Å². The van der Waals surface area contributed by atoms with E-state index in [1.54, 1.807) is 67.7 Å². The molecule has 374 valence electrons. The van der Waals surface area contributed by atoms with Crippen LogP contribution < -0.4 is 25.6 Å². The first kappa shape index (κ1) is 48.5. The van der Waals surface area contributed by atoms with E-state index in [0.717, 1.165) is 80.5 Å². The molecule has 0 atom stereocenters. The summed E-state index contributed by atoms with van der Waals surface area (Å²) in [6, 6.07) is 11.2. The van der Waals surface area contributed by atoms with E-state index in [1.165, 1.54) is 5.69 Å². The Balaban J connectivity index is 0.715. The molecule has 5 aromatic rings. The fourth-order valence-corrected chi connectivity index (χ4v) is 13.1. The second-order valence-corrected chi connectivity index (χ2v) is 22.1. The lowest BCUT2D eigenvalue weighted by atomic mass is 9.49. The molecule has 0 unspecified atom stereocenters. The molecule has 18 heteroatoms. The molecule has 2 aliphatic heterocycles. The second kappa shape index (κ2) is 18.8. The van der Waals surface area contributed by atoms with Gasteiger partial charge in [0.05, 0.1) is 34.9 Å². The quantitative estimate of drug-likeness (QED) is 0.0962. The van der Waals surface area contributed by atoms with Crippen molar-refractivity contribution in [2.24, 2.45) is 23.3 Å². The molecule has 15 nitrogen and oxygen atoms in total. The van der Waals surface area contributed by atoms with Crippen LogP contribution in [0.2, 0.25) is 5.02 Å². The Labute approximate surface area is 418 Å².